The van der Waals surface area contributed by atoms with Gasteiger partial charge in [-0.3, -0.25) is 29.3 Å². The van der Waals surface area contributed by atoms with Crippen LogP contribution < -0.4 is 24.8 Å². The largest absolute Gasteiger partial charge is 0.494 e. The summed E-state index contributed by atoms with van der Waals surface area (Å²) >= 11 is 18.6. The van der Waals surface area contributed by atoms with Crippen molar-refractivity contribution in [3.8, 4) is 11.6 Å². The number of carbonyl (C=O) groups is 3. The number of aromatic nitrogens is 2. The number of likely N-dealkylation sites (tertiary alicyclic amines) is 1. The maximum Gasteiger partial charge on any atom is 0.254 e. The van der Waals surface area contributed by atoms with Crippen LogP contribution in [-0.4, -0.2) is 83.6 Å². The molecule has 0 unspecified atom stereocenters. The van der Waals surface area contributed by atoms with E-state index in [1.165, 1.54) is 25.4 Å². The molecule has 6 rings (SSSR count). The fraction of sp³-hybridized carbons (Fsp3) is 0.457. The standard InChI is InChI=1S/C35H39Cl3N6O7S/c1-6-18-15-35(18,33(47)43-52(48,49)22-8-9-22)44-17-21(51-32-24-11-19(36)7-10-23(24)26(50-5)16-39-32)14-25(44)30(45)42-31(46)29(34(2,3)4)41-28-13-20(37)12-27(38)40-28/h6-7,10-13,16,18,21-22,25,29H,1,8-9,14-15,17H2,2-5H3,(H,40,41)(H,43,47)(H,42,45,46)/t18-,21-,25+,29+,35-/m1/s1. The topological polar surface area (TPSA) is 169 Å². The Morgan fingerprint density at radius 2 is 1.83 bits per heavy atom. The van der Waals surface area contributed by atoms with Crippen molar-refractivity contribution in [2.75, 3.05) is 19.0 Å². The van der Waals surface area contributed by atoms with Crippen molar-refractivity contribution in [2.45, 2.75) is 75.4 Å². The summed E-state index contributed by atoms with van der Waals surface area (Å²) in [5.41, 5.74) is -2.17. The van der Waals surface area contributed by atoms with Gasteiger partial charge in [-0.25, -0.2) is 18.4 Å². The van der Waals surface area contributed by atoms with Gasteiger partial charge < -0.3 is 14.8 Å². The zero-order valence-electron chi connectivity index (χ0n) is 28.9. The molecule has 2 saturated carbocycles. The Labute approximate surface area is 316 Å². The first-order valence-electron chi connectivity index (χ1n) is 16.7. The number of hydrogen-bond acceptors (Lipinski definition) is 11. The summed E-state index contributed by atoms with van der Waals surface area (Å²) in [5, 5.41) is 7.04. The number of methoxy groups -OCH3 is 1. The summed E-state index contributed by atoms with van der Waals surface area (Å²) < 4.78 is 40.0. The molecule has 1 saturated heterocycles. The van der Waals surface area contributed by atoms with E-state index in [9.17, 15) is 22.8 Å². The Balaban J connectivity index is 1.32. The molecule has 2 aromatic heterocycles. The molecular weight excluding hydrogens is 755 g/mol. The van der Waals surface area contributed by atoms with Crippen molar-refractivity contribution in [1.29, 1.82) is 0 Å². The number of hydrogen-bond donors (Lipinski definition) is 3. The van der Waals surface area contributed by atoms with Gasteiger partial charge in [-0.1, -0.05) is 61.7 Å². The minimum atomic E-state index is -3.92. The second-order valence-electron chi connectivity index (χ2n) is 14.4. The number of fused-ring (bicyclic) bond motifs is 1. The third-order valence-corrected chi connectivity index (χ3v) is 12.1. The quantitative estimate of drug-likeness (QED) is 0.164. The first-order valence-corrected chi connectivity index (χ1v) is 19.3. The number of halogens is 3. The summed E-state index contributed by atoms with van der Waals surface area (Å²) in [6.45, 7) is 9.32. The van der Waals surface area contributed by atoms with Gasteiger partial charge in [-0.2, -0.15) is 0 Å². The van der Waals surface area contributed by atoms with E-state index in [2.05, 4.69) is 31.9 Å². The predicted molar refractivity (Wildman–Crippen MR) is 198 cm³/mol. The molecule has 5 atom stereocenters. The lowest BCUT2D eigenvalue weighted by Crippen LogP contribution is -2.59. The molecule has 2 aliphatic carbocycles. The second-order valence-corrected chi connectivity index (χ2v) is 17.6. The van der Waals surface area contributed by atoms with Crippen LogP contribution in [0.5, 0.6) is 11.6 Å². The fourth-order valence-electron chi connectivity index (χ4n) is 6.75. The van der Waals surface area contributed by atoms with Gasteiger partial charge in [0.2, 0.25) is 27.7 Å². The van der Waals surface area contributed by atoms with Crippen LogP contribution in [0, 0.1) is 11.3 Å². The minimum Gasteiger partial charge on any atom is -0.494 e. The van der Waals surface area contributed by atoms with Crippen LogP contribution in [0.3, 0.4) is 0 Å². The molecule has 3 aromatic rings. The molecule has 1 aliphatic heterocycles. The summed E-state index contributed by atoms with van der Waals surface area (Å²) in [6, 6.07) is 6.05. The van der Waals surface area contributed by atoms with Crippen LogP contribution in [-0.2, 0) is 24.4 Å². The van der Waals surface area contributed by atoms with Gasteiger partial charge in [0, 0.05) is 39.7 Å². The molecule has 3 heterocycles. The van der Waals surface area contributed by atoms with Gasteiger partial charge in [-0.05, 0) is 55.0 Å². The maximum atomic E-state index is 14.3. The van der Waals surface area contributed by atoms with E-state index in [-0.39, 0.29) is 36.2 Å². The molecule has 52 heavy (non-hydrogen) atoms. The van der Waals surface area contributed by atoms with Crippen molar-refractivity contribution < 1.29 is 32.3 Å². The zero-order chi connectivity index (χ0) is 37.7. The Kier molecular flexibility index (Phi) is 10.4. The number of amides is 3. The van der Waals surface area contributed by atoms with Crippen LogP contribution in [0.4, 0.5) is 5.82 Å². The second kappa shape index (κ2) is 14.3. The molecule has 0 radical (unpaired) electrons. The van der Waals surface area contributed by atoms with Gasteiger partial charge in [0.1, 0.15) is 34.4 Å². The molecule has 278 valence electrons. The maximum absolute atomic E-state index is 14.3. The van der Waals surface area contributed by atoms with Gasteiger partial charge in [0.15, 0.2) is 0 Å². The first-order chi connectivity index (χ1) is 24.5. The van der Waals surface area contributed by atoms with E-state index < -0.39 is 68.1 Å². The van der Waals surface area contributed by atoms with Crippen molar-refractivity contribution in [3.05, 3.63) is 64.4 Å². The highest BCUT2D eigenvalue weighted by Crippen LogP contribution is 2.53. The van der Waals surface area contributed by atoms with Crippen LogP contribution in [0.1, 0.15) is 46.5 Å². The van der Waals surface area contributed by atoms with Gasteiger partial charge in [0.25, 0.3) is 5.91 Å². The van der Waals surface area contributed by atoms with Gasteiger partial charge in [-0.15, -0.1) is 6.58 Å². The van der Waals surface area contributed by atoms with Crippen molar-refractivity contribution in [2.24, 2.45) is 11.3 Å². The summed E-state index contributed by atoms with van der Waals surface area (Å²) in [4.78, 5) is 52.4. The summed E-state index contributed by atoms with van der Waals surface area (Å²) in [5.74, 6) is -1.65. The van der Waals surface area contributed by atoms with E-state index in [4.69, 9.17) is 44.3 Å². The Bertz CT molecular complexity index is 2040. The highest BCUT2D eigenvalue weighted by molar-refractivity contribution is 7.91. The van der Waals surface area contributed by atoms with E-state index in [0.29, 0.717) is 39.4 Å². The van der Waals surface area contributed by atoms with E-state index in [1.807, 2.05) is 20.8 Å². The molecule has 3 N–H and O–H groups in total. The summed E-state index contributed by atoms with van der Waals surface area (Å²) in [6.07, 6.45) is 3.51. The van der Waals surface area contributed by atoms with E-state index in [1.54, 1.807) is 29.2 Å². The Morgan fingerprint density at radius 1 is 1.10 bits per heavy atom. The molecule has 0 spiro atoms. The minimum absolute atomic E-state index is 0.0230. The van der Waals surface area contributed by atoms with E-state index >= 15 is 0 Å². The number of pyridine rings is 2. The van der Waals surface area contributed by atoms with Gasteiger partial charge >= 0.3 is 0 Å². The Morgan fingerprint density at radius 3 is 2.44 bits per heavy atom. The number of benzene rings is 1. The number of nitrogens with zero attached hydrogens (tertiary/aromatic N) is 3. The van der Waals surface area contributed by atoms with Crippen LogP contribution in [0.15, 0.2) is 49.2 Å². The highest BCUT2D eigenvalue weighted by Gasteiger charge is 2.67. The monoisotopic (exact) mass is 792 g/mol. The smallest absolute Gasteiger partial charge is 0.254 e. The molecular formula is C35H39Cl3N6O7S. The van der Waals surface area contributed by atoms with Crippen molar-refractivity contribution in [3.63, 3.8) is 0 Å². The Hall–Kier alpha value is -3.69. The third-order valence-electron chi connectivity index (χ3n) is 9.64. The van der Waals surface area contributed by atoms with Crippen LogP contribution in [0.25, 0.3) is 10.8 Å². The summed E-state index contributed by atoms with van der Waals surface area (Å²) in [7, 11) is -2.40. The number of rotatable bonds is 12. The van der Waals surface area contributed by atoms with Crippen LogP contribution >= 0.6 is 34.8 Å². The SMILES string of the molecule is C=C[C@@H]1C[C@@]1(C(=O)NS(=O)(=O)C1CC1)N1C[C@H](Oc2ncc(OC)c3ccc(Cl)cc23)C[C@H]1C(=O)NC(=O)[C@H](Nc1cc(Cl)cc(Cl)n1)C(C)(C)C. The van der Waals surface area contributed by atoms with Crippen LogP contribution in [0.2, 0.25) is 15.2 Å². The van der Waals surface area contributed by atoms with E-state index in [0.717, 1.165) is 0 Å². The fourth-order valence-corrected chi connectivity index (χ4v) is 8.75. The lowest BCUT2D eigenvalue weighted by atomic mass is 9.86. The lowest BCUT2D eigenvalue weighted by Gasteiger charge is -2.33. The molecule has 1 aromatic carbocycles. The molecule has 3 aliphatic rings. The predicted octanol–water partition coefficient (Wildman–Crippen LogP) is 5.14. The zero-order valence-corrected chi connectivity index (χ0v) is 32.0. The number of sulfonamides is 1. The number of ether oxygens (including phenoxy) is 2. The van der Waals surface area contributed by atoms with Crippen molar-refractivity contribution in [1.82, 2.24) is 24.9 Å². The third kappa shape index (κ3) is 7.67. The average Bonchev–Trinajstić information content (AvgIpc) is 3.99. The number of nitrogens with one attached hydrogen (secondary N) is 3. The molecule has 3 fully saturated rings. The van der Waals surface area contributed by atoms with Crippen molar-refractivity contribution >= 4 is 79.1 Å². The normalized spacial score (nSPS) is 23.8. The average molecular weight is 794 g/mol. The first kappa shape index (κ1) is 38.0. The number of imide groups is 1. The number of anilines is 1. The highest BCUT2D eigenvalue weighted by atomic mass is 35.5. The molecule has 17 heteroatoms. The lowest BCUT2D eigenvalue weighted by molar-refractivity contribution is -0.136. The molecule has 0 bridgehead atoms. The van der Waals surface area contributed by atoms with Gasteiger partial charge in [0.05, 0.1) is 24.6 Å². The molecule has 3 amide bonds. The molecule has 13 nitrogen and oxygen atoms in total. The number of carbonyl (C=O) groups excluding carboxylic acids is 3.